The van der Waals surface area contributed by atoms with Gasteiger partial charge >= 0.3 is 0 Å². The van der Waals surface area contributed by atoms with Crippen molar-refractivity contribution >= 4 is 6.29 Å². The van der Waals surface area contributed by atoms with Crippen LogP contribution in [0.15, 0.2) is 18.2 Å². The number of benzene rings is 2. The molecular formula is C35H50O. The van der Waals surface area contributed by atoms with Crippen LogP contribution >= 0.6 is 0 Å². The number of hydrogen-bond donors (Lipinski definition) is 0. The number of hydrogen-bond acceptors (Lipinski definition) is 1. The van der Waals surface area contributed by atoms with Crippen molar-refractivity contribution in [2.24, 2.45) is 23.7 Å². The van der Waals surface area contributed by atoms with E-state index in [9.17, 15) is 4.79 Å². The van der Waals surface area contributed by atoms with Crippen LogP contribution in [0.5, 0.6) is 0 Å². The van der Waals surface area contributed by atoms with E-state index in [1.807, 2.05) is 0 Å². The summed E-state index contributed by atoms with van der Waals surface area (Å²) in [6.45, 7) is 14.2. The summed E-state index contributed by atoms with van der Waals surface area (Å²) in [5.74, 6) is 3.22. The molecule has 2 aromatic carbocycles. The van der Waals surface area contributed by atoms with Crippen molar-refractivity contribution < 1.29 is 4.79 Å². The Hall–Kier alpha value is -1.89. The van der Waals surface area contributed by atoms with Gasteiger partial charge in [0, 0.05) is 6.42 Å². The molecule has 0 atom stereocenters. The zero-order valence-electron chi connectivity index (χ0n) is 24.0. The minimum Gasteiger partial charge on any atom is -0.303 e. The molecule has 1 nitrogen and oxygen atoms in total. The van der Waals surface area contributed by atoms with E-state index in [1.165, 1.54) is 103 Å². The maximum Gasteiger partial charge on any atom is 0.120 e. The Bertz CT molecular complexity index is 1020. The normalized spacial score (nSPS) is 24.6. The maximum atomic E-state index is 10.9. The van der Waals surface area contributed by atoms with Gasteiger partial charge in [-0.2, -0.15) is 0 Å². The van der Waals surface area contributed by atoms with Crippen molar-refractivity contribution in [3.8, 4) is 0 Å². The summed E-state index contributed by atoms with van der Waals surface area (Å²) in [5.41, 5.74) is 13.7. The second kappa shape index (κ2) is 12.1. The summed E-state index contributed by atoms with van der Waals surface area (Å²) in [6.07, 6.45) is 16.1. The van der Waals surface area contributed by atoms with Crippen molar-refractivity contribution in [1.82, 2.24) is 0 Å². The summed E-state index contributed by atoms with van der Waals surface area (Å²) >= 11 is 0. The SMILES string of the molecule is Cc1cc(CC2CCC(C)CC2)ccc1Cc1c(C)c(C)c(CC2CCC(CC=O)CC2)c(C)c1C. The molecule has 0 saturated heterocycles. The lowest BCUT2D eigenvalue weighted by Crippen LogP contribution is -2.18. The monoisotopic (exact) mass is 486 g/mol. The van der Waals surface area contributed by atoms with Crippen molar-refractivity contribution in [3.63, 3.8) is 0 Å². The molecule has 196 valence electrons. The zero-order valence-corrected chi connectivity index (χ0v) is 24.0. The molecule has 0 radical (unpaired) electrons. The molecule has 36 heavy (non-hydrogen) atoms. The van der Waals surface area contributed by atoms with E-state index < -0.39 is 0 Å². The molecule has 0 spiro atoms. The summed E-state index contributed by atoms with van der Waals surface area (Å²) in [4.78, 5) is 10.9. The van der Waals surface area contributed by atoms with E-state index in [-0.39, 0.29) is 0 Å². The molecule has 1 heteroatoms. The van der Waals surface area contributed by atoms with Crippen LogP contribution in [-0.4, -0.2) is 6.29 Å². The zero-order chi connectivity index (χ0) is 25.8. The lowest BCUT2D eigenvalue weighted by atomic mass is 9.76. The number of rotatable bonds is 8. The number of aldehydes is 1. The predicted octanol–water partition coefficient (Wildman–Crippen LogP) is 9.13. The highest BCUT2D eigenvalue weighted by molar-refractivity contribution is 5.52. The van der Waals surface area contributed by atoms with Crippen LogP contribution in [0.25, 0.3) is 0 Å². The third-order valence-electron chi connectivity index (χ3n) is 10.3. The second-order valence-electron chi connectivity index (χ2n) is 12.7. The van der Waals surface area contributed by atoms with Gasteiger partial charge in [0.15, 0.2) is 0 Å². The first-order chi connectivity index (χ1) is 17.3. The third-order valence-corrected chi connectivity index (χ3v) is 10.3. The Morgan fingerprint density at radius 2 is 1.22 bits per heavy atom. The number of aryl methyl sites for hydroxylation is 1. The summed E-state index contributed by atoms with van der Waals surface area (Å²) in [7, 11) is 0. The maximum absolute atomic E-state index is 10.9. The van der Waals surface area contributed by atoms with Crippen LogP contribution in [0.2, 0.25) is 0 Å². The standard InChI is InChI=1S/C35H50O/c1-23-7-9-30(10-8-23)20-32-15-16-33(24(2)19-32)22-35-27(5)25(3)34(26(4)28(35)6)21-31-13-11-29(12-14-31)17-18-36/h15-16,18-19,23,29-31H,7-14,17,20-22H2,1-6H3. The molecule has 2 saturated carbocycles. The van der Waals surface area contributed by atoms with Gasteiger partial charge in [-0.05, 0) is 166 Å². The fraction of sp³-hybridized carbons (Fsp3) is 0.629. The topological polar surface area (TPSA) is 17.1 Å². The van der Waals surface area contributed by atoms with Gasteiger partial charge in [0.05, 0.1) is 0 Å². The molecule has 0 amide bonds. The first kappa shape index (κ1) is 27.2. The highest BCUT2D eigenvalue weighted by Crippen LogP contribution is 2.36. The largest absolute Gasteiger partial charge is 0.303 e. The Morgan fingerprint density at radius 3 is 1.81 bits per heavy atom. The summed E-state index contributed by atoms with van der Waals surface area (Å²) in [5, 5.41) is 0. The molecule has 0 bridgehead atoms. The van der Waals surface area contributed by atoms with E-state index in [0.29, 0.717) is 5.92 Å². The van der Waals surface area contributed by atoms with Gasteiger partial charge in [-0.25, -0.2) is 0 Å². The van der Waals surface area contributed by atoms with Gasteiger partial charge in [0.25, 0.3) is 0 Å². The molecular weight excluding hydrogens is 436 g/mol. The molecule has 2 aliphatic rings. The molecule has 0 heterocycles. The summed E-state index contributed by atoms with van der Waals surface area (Å²) in [6, 6.07) is 7.32. The fourth-order valence-corrected chi connectivity index (χ4v) is 7.28. The number of carbonyl (C=O) groups excluding carboxylic acids is 1. The smallest absolute Gasteiger partial charge is 0.120 e. The van der Waals surface area contributed by atoms with Gasteiger partial charge in [0.2, 0.25) is 0 Å². The molecule has 0 N–H and O–H groups in total. The van der Waals surface area contributed by atoms with E-state index in [2.05, 4.69) is 59.7 Å². The second-order valence-corrected chi connectivity index (χ2v) is 12.7. The van der Waals surface area contributed by atoms with Crippen LogP contribution in [0, 0.1) is 58.3 Å². The van der Waals surface area contributed by atoms with E-state index in [0.717, 1.165) is 36.9 Å². The molecule has 0 unspecified atom stereocenters. The van der Waals surface area contributed by atoms with Crippen LogP contribution < -0.4 is 0 Å². The van der Waals surface area contributed by atoms with Gasteiger partial charge in [0.1, 0.15) is 6.29 Å². The Kier molecular flexibility index (Phi) is 9.13. The van der Waals surface area contributed by atoms with Crippen molar-refractivity contribution in [3.05, 3.63) is 68.3 Å². The minimum absolute atomic E-state index is 0.632. The van der Waals surface area contributed by atoms with Crippen molar-refractivity contribution in [2.75, 3.05) is 0 Å². The molecule has 4 rings (SSSR count). The lowest BCUT2D eigenvalue weighted by Gasteiger charge is -2.29. The van der Waals surface area contributed by atoms with Gasteiger partial charge in [-0.3, -0.25) is 0 Å². The van der Waals surface area contributed by atoms with Crippen LogP contribution in [0.4, 0.5) is 0 Å². The van der Waals surface area contributed by atoms with Crippen LogP contribution in [0.1, 0.15) is 115 Å². The van der Waals surface area contributed by atoms with E-state index >= 15 is 0 Å². The van der Waals surface area contributed by atoms with E-state index in [4.69, 9.17) is 0 Å². The average molecular weight is 487 g/mol. The molecule has 0 aliphatic heterocycles. The Morgan fingerprint density at radius 1 is 0.694 bits per heavy atom. The number of carbonyl (C=O) groups is 1. The van der Waals surface area contributed by atoms with E-state index in [1.54, 1.807) is 11.1 Å². The third kappa shape index (κ3) is 6.32. The summed E-state index contributed by atoms with van der Waals surface area (Å²) < 4.78 is 0. The molecule has 2 aliphatic carbocycles. The Balaban J connectivity index is 1.46. The van der Waals surface area contributed by atoms with Crippen LogP contribution in [0.3, 0.4) is 0 Å². The quantitative estimate of drug-likeness (QED) is 0.340. The Labute approximate surface area is 221 Å². The van der Waals surface area contributed by atoms with Gasteiger partial charge < -0.3 is 4.79 Å². The first-order valence-corrected chi connectivity index (χ1v) is 14.9. The lowest BCUT2D eigenvalue weighted by molar-refractivity contribution is -0.108. The molecule has 0 aromatic heterocycles. The molecule has 2 fully saturated rings. The highest BCUT2D eigenvalue weighted by Gasteiger charge is 2.24. The first-order valence-electron chi connectivity index (χ1n) is 14.9. The fourth-order valence-electron chi connectivity index (χ4n) is 7.28. The van der Waals surface area contributed by atoms with Gasteiger partial charge in [-0.15, -0.1) is 0 Å². The van der Waals surface area contributed by atoms with Crippen molar-refractivity contribution in [1.29, 1.82) is 0 Å². The molecule has 2 aromatic rings. The van der Waals surface area contributed by atoms with Crippen molar-refractivity contribution in [2.45, 2.75) is 119 Å². The predicted molar refractivity (Wildman–Crippen MR) is 154 cm³/mol. The van der Waals surface area contributed by atoms with Crippen LogP contribution in [-0.2, 0) is 24.1 Å². The highest BCUT2D eigenvalue weighted by atomic mass is 16.1. The minimum atomic E-state index is 0.632. The average Bonchev–Trinajstić information content (AvgIpc) is 2.87. The van der Waals surface area contributed by atoms with Gasteiger partial charge in [-0.1, -0.05) is 38.0 Å².